The monoisotopic (exact) mass is 313 g/mol. The third-order valence-corrected chi connectivity index (χ3v) is 3.25. The van der Waals surface area contributed by atoms with Gasteiger partial charge in [0.15, 0.2) is 0 Å². The maximum absolute atomic E-state index is 11.9. The summed E-state index contributed by atoms with van der Waals surface area (Å²) < 4.78 is 5.60. The number of hydrogen-bond donors (Lipinski definition) is 2. The number of anilines is 1. The number of benzene rings is 1. The van der Waals surface area contributed by atoms with E-state index in [0.29, 0.717) is 29.6 Å². The van der Waals surface area contributed by atoms with Gasteiger partial charge in [-0.3, -0.25) is 4.79 Å². The molecular weight excluding hydrogens is 290 g/mol. The molecule has 0 radical (unpaired) electrons. The second-order valence-electron chi connectivity index (χ2n) is 5.24. The number of rotatable bonds is 8. The third-order valence-electron chi connectivity index (χ3n) is 2.95. The van der Waals surface area contributed by atoms with Crippen molar-refractivity contribution in [2.75, 3.05) is 46.2 Å². The van der Waals surface area contributed by atoms with E-state index in [0.717, 1.165) is 6.54 Å². The molecule has 0 aliphatic rings. The Morgan fingerprint density at radius 3 is 2.71 bits per heavy atom. The van der Waals surface area contributed by atoms with Gasteiger partial charge in [-0.15, -0.1) is 0 Å². The molecule has 0 saturated carbocycles. The molecular formula is C15H24ClN3O2. The molecule has 21 heavy (non-hydrogen) atoms. The number of amides is 1. The first kappa shape index (κ1) is 17.8. The third kappa shape index (κ3) is 6.33. The topological polar surface area (TPSA) is 53.6 Å². The van der Waals surface area contributed by atoms with Gasteiger partial charge in [-0.25, -0.2) is 0 Å². The van der Waals surface area contributed by atoms with E-state index < -0.39 is 0 Å². The van der Waals surface area contributed by atoms with Gasteiger partial charge in [-0.05, 0) is 39.3 Å². The molecule has 1 amide bonds. The number of carbonyl (C=O) groups excluding carboxylic acids is 1. The second-order valence-corrected chi connectivity index (χ2v) is 5.65. The molecule has 0 spiro atoms. The van der Waals surface area contributed by atoms with Crippen LogP contribution in [0.25, 0.3) is 0 Å². The number of carbonyl (C=O) groups is 1. The van der Waals surface area contributed by atoms with Crippen LogP contribution in [0.3, 0.4) is 0 Å². The number of ether oxygens (including phenoxy) is 1. The molecule has 1 rings (SSSR count). The van der Waals surface area contributed by atoms with Crippen LogP contribution in [0.2, 0.25) is 5.02 Å². The van der Waals surface area contributed by atoms with Gasteiger partial charge in [0.25, 0.3) is 0 Å². The maximum Gasteiger partial charge on any atom is 0.228 e. The molecule has 0 aliphatic heterocycles. The largest absolute Gasteiger partial charge is 0.491 e. The van der Waals surface area contributed by atoms with Crippen LogP contribution in [0.15, 0.2) is 18.2 Å². The summed E-state index contributed by atoms with van der Waals surface area (Å²) in [6.07, 6.45) is 0. The van der Waals surface area contributed by atoms with Crippen molar-refractivity contribution in [3.63, 3.8) is 0 Å². The lowest BCUT2D eigenvalue weighted by atomic mass is 10.1. The van der Waals surface area contributed by atoms with E-state index >= 15 is 0 Å². The predicted molar refractivity (Wildman–Crippen MR) is 87.2 cm³/mol. The van der Waals surface area contributed by atoms with Crippen LogP contribution < -0.4 is 15.4 Å². The summed E-state index contributed by atoms with van der Waals surface area (Å²) in [4.78, 5) is 13.9. The molecule has 5 nitrogen and oxygen atoms in total. The Kier molecular flexibility index (Phi) is 7.50. The zero-order valence-electron chi connectivity index (χ0n) is 13.1. The fraction of sp³-hybridized carbons (Fsp3) is 0.533. The Morgan fingerprint density at radius 2 is 2.14 bits per heavy atom. The van der Waals surface area contributed by atoms with Crippen LogP contribution >= 0.6 is 11.6 Å². The summed E-state index contributed by atoms with van der Waals surface area (Å²) in [5, 5.41) is 6.31. The van der Waals surface area contributed by atoms with Gasteiger partial charge in [-0.2, -0.15) is 0 Å². The number of nitrogens with one attached hydrogen (secondary N) is 2. The van der Waals surface area contributed by atoms with Crippen molar-refractivity contribution in [2.45, 2.75) is 6.92 Å². The quantitative estimate of drug-likeness (QED) is 0.771. The summed E-state index contributed by atoms with van der Waals surface area (Å²) >= 11 is 6.17. The normalized spacial score (nSPS) is 12.3. The van der Waals surface area contributed by atoms with E-state index in [2.05, 4.69) is 10.6 Å². The molecule has 0 fully saturated rings. The summed E-state index contributed by atoms with van der Waals surface area (Å²) in [5.41, 5.74) is 0.674. The zero-order chi connectivity index (χ0) is 15.8. The zero-order valence-corrected chi connectivity index (χ0v) is 13.8. The highest BCUT2D eigenvalue weighted by Crippen LogP contribution is 2.27. The van der Waals surface area contributed by atoms with E-state index in [1.807, 2.05) is 33.0 Å². The number of nitrogens with zero attached hydrogens (tertiary/aromatic N) is 1. The summed E-state index contributed by atoms with van der Waals surface area (Å²) in [6, 6.07) is 5.27. The van der Waals surface area contributed by atoms with Crippen LogP contribution in [-0.2, 0) is 4.79 Å². The van der Waals surface area contributed by atoms with Gasteiger partial charge in [-0.1, -0.05) is 18.5 Å². The molecule has 0 bridgehead atoms. The molecule has 6 heteroatoms. The fourth-order valence-electron chi connectivity index (χ4n) is 1.70. The van der Waals surface area contributed by atoms with Gasteiger partial charge in [0.05, 0.1) is 5.02 Å². The molecule has 1 unspecified atom stereocenters. The van der Waals surface area contributed by atoms with Crippen LogP contribution in [0.5, 0.6) is 5.75 Å². The molecule has 0 heterocycles. The summed E-state index contributed by atoms with van der Waals surface area (Å²) in [7, 11) is 5.78. The Bertz CT molecular complexity index is 466. The van der Waals surface area contributed by atoms with Crippen molar-refractivity contribution in [3.8, 4) is 5.75 Å². The molecule has 1 aromatic carbocycles. The van der Waals surface area contributed by atoms with Gasteiger partial charge < -0.3 is 20.3 Å². The van der Waals surface area contributed by atoms with Crippen molar-refractivity contribution < 1.29 is 9.53 Å². The minimum Gasteiger partial charge on any atom is -0.491 e. The van der Waals surface area contributed by atoms with Crippen molar-refractivity contribution in [2.24, 2.45) is 5.92 Å². The number of hydrogen-bond acceptors (Lipinski definition) is 4. The fourth-order valence-corrected chi connectivity index (χ4v) is 1.93. The first-order valence-corrected chi connectivity index (χ1v) is 7.34. The summed E-state index contributed by atoms with van der Waals surface area (Å²) in [5.74, 6) is 0.478. The molecule has 118 valence electrons. The van der Waals surface area contributed by atoms with E-state index in [4.69, 9.17) is 16.3 Å². The first-order valence-electron chi connectivity index (χ1n) is 6.96. The predicted octanol–water partition coefficient (Wildman–Crippen LogP) is 2.07. The van der Waals surface area contributed by atoms with Gasteiger partial charge >= 0.3 is 0 Å². The van der Waals surface area contributed by atoms with Crippen molar-refractivity contribution >= 4 is 23.2 Å². The van der Waals surface area contributed by atoms with Crippen LogP contribution in [0.1, 0.15) is 6.92 Å². The standard InChI is InChI=1S/C15H24ClN3O2/c1-11(10-17-2)15(20)18-12-5-6-14(13(16)9-12)21-8-7-19(3)4/h5-6,9,11,17H,7-8,10H2,1-4H3,(H,18,20). The molecule has 1 atom stereocenters. The van der Waals surface area contributed by atoms with Crippen LogP contribution in [0, 0.1) is 5.92 Å². The first-order chi connectivity index (χ1) is 9.93. The molecule has 0 aromatic heterocycles. The highest BCUT2D eigenvalue weighted by Gasteiger charge is 2.12. The minimum absolute atomic E-state index is 0.0401. The highest BCUT2D eigenvalue weighted by atomic mass is 35.5. The van der Waals surface area contributed by atoms with E-state index in [9.17, 15) is 4.79 Å². The van der Waals surface area contributed by atoms with E-state index in [1.165, 1.54) is 0 Å². The van der Waals surface area contributed by atoms with Crippen molar-refractivity contribution in [1.82, 2.24) is 10.2 Å². The lowest BCUT2D eigenvalue weighted by molar-refractivity contribution is -0.119. The molecule has 0 aliphatic carbocycles. The Labute approximate surface area is 131 Å². The Balaban J connectivity index is 2.59. The SMILES string of the molecule is CNCC(C)C(=O)Nc1ccc(OCCN(C)C)c(Cl)c1. The average Bonchev–Trinajstić information content (AvgIpc) is 2.41. The van der Waals surface area contributed by atoms with Crippen molar-refractivity contribution in [3.05, 3.63) is 23.2 Å². The van der Waals surface area contributed by atoms with E-state index in [1.54, 1.807) is 18.2 Å². The number of likely N-dealkylation sites (N-methyl/N-ethyl adjacent to an activating group) is 1. The highest BCUT2D eigenvalue weighted by molar-refractivity contribution is 6.32. The molecule has 2 N–H and O–H groups in total. The Morgan fingerprint density at radius 1 is 1.43 bits per heavy atom. The smallest absolute Gasteiger partial charge is 0.228 e. The van der Waals surface area contributed by atoms with Crippen LogP contribution in [-0.4, -0.2) is 51.6 Å². The lowest BCUT2D eigenvalue weighted by Gasteiger charge is -2.14. The summed E-state index contributed by atoms with van der Waals surface area (Å²) in [6.45, 7) is 3.88. The second kappa shape index (κ2) is 8.87. The Hall–Kier alpha value is -1.30. The molecule has 1 aromatic rings. The average molecular weight is 314 g/mol. The molecule has 0 saturated heterocycles. The maximum atomic E-state index is 11.9. The van der Waals surface area contributed by atoms with Gasteiger partial charge in [0.1, 0.15) is 12.4 Å². The van der Waals surface area contributed by atoms with Gasteiger partial charge in [0, 0.05) is 24.7 Å². The van der Waals surface area contributed by atoms with E-state index in [-0.39, 0.29) is 11.8 Å². The lowest BCUT2D eigenvalue weighted by Crippen LogP contribution is -2.28. The van der Waals surface area contributed by atoms with Crippen LogP contribution in [0.4, 0.5) is 5.69 Å². The minimum atomic E-state index is -0.107. The van der Waals surface area contributed by atoms with Gasteiger partial charge in [0.2, 0.25) is 5.91 Å². The van der Waals surface area contributed by atoms with Crippen molar-refractivity contribution in [1.29, 1.82) is 0 Å². The number of halogens is 1.